The van der Waals surface area contributed by atoms with Crippen LogP contribution in [0.5, 0.6) is 0 Å². The Hall–Kier alpha value is -0.353. The van der Waals surface area contributed by atoms with E-state index in [1.165, 1.54) is 12.5 Å². The number of rotatable bonds is 6. The third-order valence-electron chi connectivity index (χ3n) is 1.80. The van der Waals surface area contributed by atoms with E-state index >= 15 is 0 Å². The van der Waals surface area contributed by atoms with Crippen LogP contribution in [-0.4, -0.2) is 46.7 Å². The van der Waals surface area contributed by atoms with E-state index < -0.39 is 0 Å². The van der Waals surface area contributed by atoms with Gasteiger partial charge in [-0.2, -0.15) is 0 Å². The Morgan fingerprint density at radius 1 is 1.62 bits per heavy atom. The van der Waals surface area contributed by atoms with Gasteiger partial charge in [0.05, 0.1) is 12.9 Å². The van der Waals surface area contributed by atoms with Crippen molar-refractivity contribution in [3.63, 3.8) is 0 Å². The molecule has 0 saturated heterocycles. The molecule has 4 heteroatoms. The third kappa shape index (κ3) is 5.05. The highest BCUT2D eigenvalue weighted by atomic mass is 28.2. The van der Waals surface area contributed by atoms with Crippen LogP contribution in [0.2, 0.25) is 6.04 Å². The molecule has 0 aliphatic carbocycles. The summed E-state index contributed by atoms with van der Waals surface area (Å²) in [6, 6.07) is 1.18. The number of hydrogen-bond acceptors (Lipinski definition) is 3. The second kappa shape index (κ2) is 6.15. The van der Waals surface area contributed by atoms with E-state index in [-0.39, 0.29) is 0 Å². The zero-order valence-corrected chi connectivity index (χ0v) is 9.49. The van der Waals surface area contributed by atoms with Crippen molar-refractivity contribution in [3.05, 3.63) is 0 Å². The van der Waals surface area contributed by atoms with Gasteiger partial charge >= 0.3 is 0 Å². The van der Waals surface area contributed by atoms with Crippen molar-refractivity contribution < 1.29 is 4.43 Å². The molecule has 0 N–H and O–H groups in total. The van der Waals surface area contributed by atoms with Crippen molar-refractivity contribution in [2.75, 3.05) is 19.6 Å². The van der Waals surface area contributed by atoms with Crippen molar-refractivity contribution in [1.29, 1.82) is 0 Å². The summed E-state index contributed by atoms with van der Waals surface area (Å²) in [7, 11) is 0.664. The molecule has 13 heavy (non-hydrogen) atoms. The predicted molar refractivity (Wildman–Crippen MR) is 56.3 cm³/mol. The fraction of sp³-hybridized carbons (Fsp3) is 0.889. The molecule has 0 aromatic carbocycles. The highest BCUT2D eigenvalue weighted by Crippen LogP contribution is 1.98. The maximum absolute atomic E-state index is 5.48. The molecule has 1 heterocycles. The van der Waals surface area contributed by atoms with Crippen LogP contribution in [0.3, 0.4) is 0 Å². The second-order valence-electron chi connectivity index (χ2n) is 3.47. The summed E-state index contributed by atoms with van der Waals surface area (Å²) in [5, 5.41) is 0. The van der Waals surface area contributed by atoms with Crippen LogP contribution in [0.15, 0.2) is 4.99 Å². The first-order valence-electron chi connectivity index (χ1n) is 4.91. The first kappa shape index (κ1) is 10.7. The fourth-order valence-corrected chi connectivity index (χ4v) is 1.92. The quantitative estimate of drug-likeness (QED) is 0.473. The van der Waals surface area contributed by atoms with Crippen molar-refractivity contribution in [2.24, 2.45) is 4.99 Å². The van der Waals surface area contributed by atoms with Crippen LogP contribution in [-0.2, 0) is 4.43 Å². The lowest BCUT2D eigenvalue weighted by Crippen LogP contribution is -2.21. The molecule has 1 aliphatic heterocycles. The van der Waals surface area contributed by atoms with E-state index in [4.69, 9.17) is 4.43 Å². The predicted octanol–water partition coefficient (Wildman–Crippen LogP) is 1.18. The molecule has 0 bridgehead atoms. The topological polar surface area (TPSA) is 24.8 Å². The van der Waals surface area contributed by atoms with Gasteiger partial charge in [-0.1, -0.05) is 0 Å². The van der Waals surface area contributed by atoms with Crippen molar-refractivity contribution in [3.8, 4) is 0 Å². The molecule has 1 aliphatic rings. The first-order chi connectivity index (χ1) is 6.29. The van der Waals surface area contributed by atoms with Crippen LogP contribution < -0.4 is 0 Å². The van der Waals surface area contributed by atoms with Gasteiger partial charge in [0.1, 0.15) is 0 Å². The Balaban J connectivity index is 1.86. The molecular formula is C9H18N2OSi. The Bertz CT molecular complexity index is 162. The van der Waals surface area contributed by atoms with Gasteiger partial charge in [0.2, 0.25) is 9.76 Å². The lowest BCUT2D eigenvalue weighted by Gasteiger charge is -2.13. The summed E-state index contributed by atoms with van der Waals surface area (Å²) in [6.45, 7) is 7.39. The van der Waals surface area contributed by atoms with Gasteiger partial charge in [0.15, 0.2) is 0 Å². The lowest BCUT2D eigenvalue weighted by molar-refractivity contribution is 0.254. The highest BCUT2D eigenvalue weighted by molar-refractivity contribution is 6.27. The van der Waals surface area contributed by atoms with Crippen molar-refractivity contribution in [1.82, 2.24) is 4.90 Å². The van der Waals surface area contributed by atoms with Gasteiger partial charge in [0.25, 0.3) is 0 Å². The normalized spacial score (nSPS) is 16.1. The molecule has 0 fully saturated rings. The van der Waals surface area contributed by atoms with Crippen LogP contribution in [0.1, 0.15) is 20.3 Å². The second-order valence-corrected chi connectivity index (χ2v) is 4.50. The van der Waals surface area contributed by atoms with Crippen molar-refractivity contribution in [2.45, 2.75) is 32.4 Å². The monoisotopic (exact) mass is 198 g/mol. The molecule has 0 aromatic rings. The largest absolute Gasteiger partial charge is 0.415 e. The minimum absolute atomic E-state index is 0.381. The fourth-order valence-electron chi connectivity index (χ4n) is 1.17. The van der Waals surface area contributed by atoms with E-state index in [2.05, 4.69) is 23.7 Å². The maximum atomic E-state index is 5.48. The first-order valence-corrected chi connectivity index (χ1v) is 6.03. The van der Waals surface area contributed by atoms with Crippen LogP contribution in [0, 0.1) is 0 Å². The van der Waals surface area contributed by atoms with Crippen LogP contribution >= 0.6 is 0 Å². The van der Waals surface area contributed by atoms with Gasteiger partial charge in [-0.15, -0.1) is 0 Å². The van der Waals surface area contributed by atoms with Crippen LogP contribution in [0.25, 0.3) is 0 Å². The average molecular weight is 198 g/mol. The molecule has 0 atom stereocenters. The Kier molecular flexibility index (Phi) is 5.08. The van der Waals surface area contributed by atoms with Crippen molar-refractivity contribution >= 4 is 16.1 Å². The van der Waals surface area contributed by atoms with E-state index in [1.54, 1.807) is 0 Å². The number of nitrogens with zero attached hydrogens (tertiary/aromatic N) is 2. The van der Waals surface area contributed by atoms with Gasteiger partial charge in [0, 0.05) is 19.2 Å². The summed E-state index contributed by atoms with van der Waals surface area (Å²) >= 11 is 0. The average Bonchev–Trinajstić information content (AvgIpc) is 2.55. The molecule has 74 valence electrons. The SMILES string of the molecule is CC(C)O[Si]CCCN1C=NCC1. The maximum Gasteiger partial charge on any atom is 0.230 e. The zero-order valence-electron chi connectivity index (χ0n) is 8.49. The molecule has 3 nitrogen and oxygen atoms in total. The molecule has 2 radical (unpaired) electrons. The molecule has 0 saturated carbocycles. The number of aliphatic imine (C=N–C) groups is 1. The van der Waals surface area contributed by atoms with E-state index in [0.717, 1.165) is 19.6 Å². The molecular weight excluding hydrogens is 180 g/mol. The summed E-state index contributed by atoms with van der Waals surface area (Å²) in [6.07, 6.45) is 3.57. The van der Waals surface area contributed by atoms with E-state index in [1.807, 2.05) is 6.34 Å². The molecule has 0 unspecified atom stereocenters. The van der Waals surface area contributed by atoms with Gasteiger partial charge < -0.3 is 9.33 Å². The Labute approximate surface area is 83.1 Å². The lowest BCUT2D eigenvalue weighted by atomic mass is 10.4. The standard InChI is InChI=1S/C9H18N2OSi/c1-9(2)12-13-7-3-5-11-6-4-10-8-11/h8-9H,3-7H2,1-2H3. The Morgan fingerprint density at radius 3 is 3.08 bits per heavy atom. The molecule has 0 aromatic heterocycles. The van der Waals surface area contributed by atoms with Gasteiger partial charge in [-0.25, -0.2) is 0 Å². The Morgan fingerprint density at radius 2 is 2.46 bits per heavy atom. The summed E-state index contributed by atoms with van der Waals surface area (Å²) in [5.41, 5.74) is 0. The van der Waals surface area contributed by atoms with Gasteiger partial charge in [-0.05, 0) is 26.3 Å². The molecule has 1 rings (SSSR count). The summed E-state index contributed by atoms with van der Waals surface area (Å²) < 4.78 is 5.48. The van der Waals surface area contributed by atoms with Gasteiger partial charge in [-0.3, -0.25) is 4.99 Å². The minimum Gasteiger partial charge on any atom is -0.415 e. The van der Waals surface area contributed by atoms with E-state index in [0.29, 0.717) is 15.9 Å². The third-order valence-corrected chi connectivity index (χ3v) is 3.00. The summed E-state index contributed by atoms with van der Waals surface area (Å²) in [4.78, 5) is 6.44. The summed E-state index contributed by atoms with van der Waals surface area (Å²) in [5.74, 6) is 0. The smallest absolute Gasteiger partial charge is 0.230 e. The number of hydrogen-bond donors (Lipinski definition) is 0. The molecule has 0 amide bonds. The minimum atomic E-state index is 0.381. The highest BCUT2D eigenvalue weighted by Gasteiger charge is 2.04. The zero-order chi connectivity index (χ0) is 9.52. The van der Waals surface area contributed by atoms with Crippen LogP contribution in [0.4, 0.5) is 0 Å². The molecule has 0 spiro atoms. The van der Waals surface area contributed by atoms with E-state index in [9.17, 15) is 0 Å².